The molecule has 0 amide bonds. The minimum Gasteiger partial charge on any atom is -0.479 e. The highest BCUT2D eigenvalue weighted by atomic mass is 16.5. The van der Waals surface area contributed by atoms with E-state index in [0.29, 0.717) is 12.1 Å². The average Bonchev–Trinajstić information content (AvgIpc) is 2.92. The third-order valence-electron chi connectivity index (χ3n) is 3.54. The smallest absolute Gasteiger partial charge is 0.174 e. The fourth-order valence-corrected chi connectivity index (χ4v) is 2.42. The number of benzene rings is 1. The second-order valence-corrected chi connectivity index (χ2v) is 4.84. The van der Waals surface area contributed by atoms with Gasteiger partial charge in [0, 0.05) is 19.7 Å². The van der Waals surface area contributed by atoms with Gasteiger partial charge in [0.1, 0.15) is 11.8 Å². The quantitative estimate of drug-likeness (QED) is 0.852. The van der Waals surface area contributed by atoms with Crippen LogP contribution >= 0.6 is 0 Å². The summed E-state index contributed by atoms with van der Waals surface area (Å²) in [5.74, 6) is 0.741. The SMILES string of the molecule is COC1CCC(NCc2ccc(OCC#N)cc2)C1. The van der Waals surface area contributed by atoms with Gasteiger partial charge in [-0.1, -0.05) is 12.1 Å². The average molecular weight is 260 g/mol. The number of nitriles is 1. The lowest BCUT2D eigenvalue weighted by molar-refractivity contribution is 0.107. The van der Waals surface area contributed by atoms with E-state index in [2.05, 4.69) is 5.32 Å². The van der Waals surface area contributed by atoms with E-state index in [4.69, 9.17) is 14.7 Å². The molecule has 1 saturated carbocycles. The lowest BCUT2D eigenvalue weighted by Crippen LogP contribution is -2.26. The van der Waals surface area contributed by atoms with Crippen LogP contribution in [-0.4, -0.2) is 25.9 Å². The number of ether oxygens (including phenoxy) is 2. The molecular formula is C15H20N2O2. The van der Waals surface area contributed by atoms with E-state index >= 15 is 0 Å². The Labute approximate surface area is 114 Å². The van der Waals surface area contributed by atoms with Gasteiger partial charge in [-0.2, -0.15) is 5.26 Å². The summed E-state index contributed by atoms with van der Waals surface area (Å²) < 4.78 is 10.6. The Morgan fingerprint density at radius 1 is 1.32 bits per heavy atom. The summed E-state index contributed by atoms with van der Waals surface area (Å²) in [7, 11) is 1.78. The zero-order chi connectivity index (χ0) is 13.5. The summed E-state index contributed by atoms with van der Waals surface area (Å²) in [5.41, 5.74) is 1.23. The van der Waals surface area contributed by atoms with E-state index in [-0.39, 0.29) is 6.61 Å². The molecule has 2 atom stereocenters. The van der Waals surface area contributed by atoms with Crippen LogP contribution in [0.25, 0.3) is 0 Å². The van der Waals surface area contributed by atoms with Crippen LogP contribution in [0.15, 0.2) is 24.3 Å². The van der Waals surface area contributed by atoms with Gasteiger partial charge in [0.2, 0.25) is 0 Å². The number of nitrogens with one attached hydrogen (secondary N) is 1. The van der Waals surface area contributed by atoms with Crippen molar-refractivity contribution in [2.75, 3.05) is 13.7 Å². The summed E-state index contributed by atoms with van der Waals surface area (Å²) in [6.45, 7) is 0.956. The molecule has 1 aliphatic carbocycles. The Kier molecular flexibility index (Phi) is 5.20. The number of methoxy groups -OCH3 is 1. The van der Waals surface area contributed by atoms with Crippen molar-refractivity contribution in [2.24, 2.45) is 0 Å². The first-order valence-corrected chi connectivity index (χ1v) is 6.66. The van der Waals surface area contributed by atoms with Crippen LogP contribution in [0.3, 0.4) is 0 Å². The van der Waals surface area contributed by atoms with Crippen LogP contribution in [0.1, 0.15) is 24.8 Å². The largest absolute Gasteiger partial charge is 0.479 e. The van der Waals surface area contributed by atoms with Crippen LogP contribution in [-0.2, 0) is 11.3 Å². The van der Waals surface area contributed by atoms with E-state index in [1.165, 1.54) is 12.0 Å². The molecule has 1 fully saturated rings. The molecular weight excluding hydrogens is 240 g/mol. The maximum Gasteiger partial charge on any atom is 0.174 e. The second kappa shape index (κ2) is 7.13. The molecule has 0 aliphatic heterocycles. The molecule has 2 rings (SSSR count). The van der Waals surface area contributed by atoms with Crippen LogP contribution in [0.2, 0.25) is 0 Å². The van der Waals surface area contributed by atoms with Crippen molar-refractivity contribution >= 4 is 0 Å². The van der Waals surface area contributed by atoms with Gasteiger partial charge in [0.15, 0.2) is 6.61 Å². The number of nitrogens with zero attached hydrogens (tertiary/aromatic N) is 1. The molecule has 0 aromatic heterocycles. The van der Waals surface area contributed by atoms with Crippen molar-refractivity contribution in [2.45, 2.75) is 38.0 Å². The van der Waals surface area contributed by atoms with Gasteiger partial charge in [0.25, 0.3) is 0 Å². The summed E-state index contributed by atoms with van der Waals surface area (Å²) in [6.07, 6.45) is 3.84. The first kappa shape index (κ1) is 13.9. The third-order valence-corrected chi connectivity index (χ3v) is 3.54. The van der Waals surface area contributed by atoms with Gasteiger partial charge in [-0.25, -0.2) is 0 Å². The van der Waals surface area contributed by atoms with E-state index in [1.54, 1.807) is 7.11 Å². The number of hydrogen-bond acceptors (Lipinski definition) is 4. The summed E-state index contributed by atoms with van der Waals surface area (Å²) in [5, 5.41) is 12.0. The highest BCUT2D eigenvalue weighted by Crippen LogP contribution is 2.22. The van der Waals surface area contributed by atoms with Gasteiger partial charge >= 0.3 is 0 Å². The highest BCUT2D eigenvalue weighted by Gasteiger charge is 2.23. The molecule has 1 aliphatic rings. The third kappa shape index (κ3) is 4.23. The topological polar surface area (TPSA) is 54.3 Å². The van der Waals surface area contributed by atoms with Crippen molar-refractivity contribution < 1.29 is 9.47 Å². The maximum atomic E-state index is 8.43. The molecule has 102 valence electrons. The van der Waals surface area contributed by atoms with Gasteiger partial charge in [-0.3, -0.25) is 0 Å². The molecule has 19 heavy (non-hydrogen) atoms. The van der Waals surface area contributed by atoms with Crippen molar-refractivity contribution in [3.8, 4) is 11.8 Å². The van der Waals surface area contributed by atoms with Gasteiger partial charge in [-0.15, -0.1) is 0 Å². The molecule has 1 N–H and O–H groups in total. The standard InChI is InChI=1S/C15H20N2O2/c1-18-15-7-4-13(10-15)17-11-12-2-5-14(6-3-12)19-9-8-16/h2-3,5-6,13,15,17H,4,7,9-11H2,1H3. The fourth-order valence-electron chi connectivity index (χ4n) is 2.42. The van der Waals surface area contributed by atoms with Crippen molar-refractivity contribution in [3.05, 3.63) is 29.8 Å². The van der Waals surface area contributed by atoms with Crippen LogP contribution in [0.5, 0.6) is 5.75 Å². The Morgan fingerprint density at radius 2 is 2.11 bits per heavy atom. The molecule has 0 spiro atoms. The van der Waals surface area contributed by atoms with Crippen LogP contribution < -0.4 is 10.1 Å². The monoisotopic (exact) mass is 260 g/mol. The van der Waals surface area contributed by atoms with E-state index in [9.17, 15) is 0 Å². The Hall–Kier alpha value is -1.57. The van der Waals surface area contributed by atoms with Crippen molar-refractivity contribution in [1.29, 1.82) is 5.26 Å². The molecule has 0 bridgehead atoms. The summed E-state index contributed by atoms with van der Waals surface area (Å²) >= 11 is 0. The summed E-state index contributed by atoms with van der Waals surface area (Å²) in [4.78, 5) is 0. The Bertz CT molecular complexity index is 425. The van der Waals surface area contributed by atoms with E-state index in [1.807, 2.05) is 30.3 Å². The molecule has 1 aromatic rings. The minimum absolute atomic E-state index is 0.0953. The molecule has 0 saturated heterocycles. The predicted octanol–water partition coefficient (Wildman–Crippen LogP) is 2.25. The van der Waals surface area contributed by atoms with Gasteiger partial charge in [-0.05, 0) is 37.0 Å². The van der Waals surface area contributed by atoms with Crippen molar-refractivity contribution in [1.82, 2.24) is 5.32 Å². The maximum absolute atomic E-state index is 8.43. The molecule has 0 radical (unpaired) electrons. The Morgan fingerprint density at radius 3 is 2.74 bits per heavy atom. The Balaban J connectivity index is 1.76. The van der Waals surface area contributed by atoms with Crippen LogP contribution in [0, 0.1) is 11.3 Å². The second-order valence-electron chi connectivity index (χ2n) is 4.84. The highest BCUT2D eigenvalue weighted by molar-refractivity contribution is 5.27. The molecule has 1 aromatic carbocycles. The first-order valence-electron chi connectivity index (χ1n) is 6.66. The molecule has 4 heteroatoms. The zero-order valence-electron chi connectivity index (χ0n) is 11.3. The van der Waals surface area contributed by atoms with Gasteiger partial charge < -0.3 is 14.8 Å². The normalized spacial score (nSPS) is 22.1. The number of rotatable bonds is 6. The lowest BCUT2D eigenvalue weighted by atomic mass is 10.2. The van der Waals surface area contributed by atoms with Crippen LogP contribution in [0.4, 0.5) is 0 Å². The van der Waals surface area contributed by atoms with E-state index < -0.39 is 0 Å². The van der Waals surface area contributed by atoms with Crippen molar-refractivity contribution in [3.63, 3.8) is 0 Å². The zero-order valence-corrected chi connectivity index (χ0v) is 11.3. The lowest BCUT2D eigenvalue weighted by Gasteiger charge is -2.13. The van der Waals surface area contributed by atoms with E-state index in [0.717, 1.165) is 25.1 Å². The first-order chi connectivity index (χ1) is 9.31. The summed E-state index contributed by atoms with van der Waals surface area (Å²) in [6, 6.07) is 10.4. The molecule has 0 heterocycles. The number of hydrogen-bond donors (Lipinski definition) is 1. The fraction of sp³-hybridized carbons (Fsp3) is 0.533. The molecule has 2 unspecified atom stereocenters. The molecule has 4 nitrogen and oxygen atoms in total. The predicted molar refractivity (Wildman–Crippen MR) is 72.8 cm³/mol. The minimum atomic E-state index is 0.0953. The van der Waals surface area contributed by atoms with Gasteiger partial charge in [0.05, 0.1) is 6.10 Å².